The molecule has 2 rings (SSSR count). The van der Waals surface area contributed by atoms with Gasteiger partial charge in [0.25, 0.3) is 0 Å². The Balaban J connectivity index is 2.06. The van der Waals surface area contributed by atoms with Crippen molar-refractivity contribution in [1.29, 1.82) is 5.26 Å². The van der Waals surface area contributed by atoms with E-state index in [1.54, 1.807) is 0 Å². The Hall–Kier alpha value is -0.590. The first kappa shape index (κ1) is 10.9. The molecule has 2 fully saturated rings. The molecule has 0 amide bonds. The van der Waals surface area contributed by atoms with E-state index >= 15 is 0 Å². The first-order valence-electron chi connectivity index (χ1n) is 6.24. The number of nitriles is 1. The van der Waals surface area contributed by atoms with Gasteiger partial charge >= 0.3 is 0 Å². The molecule has 84 valence electrons. The summed E-state index contributed by atoms with van der Waals surface area (Å²) in [7, 11) is 0. The molecule has 0 aromatic rings. The summed E-state index contributed by atoms with van der Waals surface area (Å²) in [5, 5.41) is 12.8. The Morgan fingerprint density at radius 2 is 1.60 bits per heavy atom. The smallest absolute Gasteiger partial charge is 0.111 e. The molecule has 0 aliphatic carbocycles. The van der Waals surface area contributed by atoms with E-state index in [1.165, 1.54) is 25.7 Å². The SMILES string of the molecule is N#CC1(N2CCCCCC2)CCNCC1. The maximum Gasteiger partial charge on any atom is 0.111 e. The lowest BCUT2D eigenvalue weighted by Crippen LogP contribution is -2.54. The van der Waals surface area contributed by atoms with E-state index < -0.39 is 0 Å². The predicted octanol–water partition coefficient (Wildman–Crippen LogP) is 1.51. The monoisotopic (exact) mass is 207 g/mol. The lowest BCUT2D eigenvalue weighted by molar-refractivity contribution is 0.108. The van der Waals surface area contributed by atoms with Gasteiger partial charge in [0, 0.05) is 0 Å². The molecule has 2 aliphatic heterocycles. The highest BCUT2D eigenvalue weighted by Gasteiger charge is 2.37. The largest absolute Gasteiger partial charge is 0.317 e. The Morgan fingerprint density at radius 3 is 2.13 bits per heavy atom. The third-order valence-electron chi connectivity index (χ3n) is 3.85. The van der Waals surface area contributed by atoms with Gasteiger partial charge in [-0.3, -0.25) is 4.90 Å². The second kappa shape index (κ2) is 4.96. The average molecular weight is 207 g/mol. The quantitative estimate of drug-likeness (QED) is 0.708. The van der Waals surface area contributed by atoms with Gasteiger partial charge in [0.2, 0.25) is 0 Å². The summed E-state index contributed by atoms with van der Waals surface area (Å²) in [5.74, 6) is 0. The van der Waals surface area contributed by atoms with Gasteiger partial charge in [-0.15, -0.1) is 0 Å². The Morgan fingerprint density at radius 1 is 1.00 bits per heavy atom. The topological polar surface area (TPSA) is 39.1 Å². The van der Waals surface area contributed by atoms with Gasteiger partial charge in [-0.25, -0.2) is 0 Å². The molecule has 0 spiro atoms. The summed E-state index contributed by atoms with van der Waals surface area (Å²) < 4.78 is 0. The van der Waals surface area contributed by atoms with Crippen molar-refractivity contribution in [1.82, 2.24) is 10.2 Å². The van der Waals surface area contributed by atoms with E-state index in [2.05, 4.69) is 16.3 Å². The zero-order valence-corrected chi connectivity index (χ0v) is 9.47. The molecule has 2 saturated heterocycles. The minimum Gasteiger partial charge on any atom is -0.317 e. The minimum atomic E-state index is -0.143. The molecule has 2 heterocycles. The predicted molar refractivity (Wildman–Crippen MR) is 60.5 cm³/mol. The van der Waals surface area contributed by atoms with Gasteiger partial charge in [-0.05, 0) is 51.9 Å². The first-order valence-corrected chi connectivity index (χ1v) is 6.24. The zero-order valence-electron chi connectivity index (χ0n) is 9.47. The van der Waals surface area contributed by atoms with Crippen LogP contribution in [0.4, 0.5) is 0 Å². The number of nitrogens with one attached hydrogen (secondary N) is 1. The van der Waals surface area contributed by atoms with Crippen molar-refractivity contribution in [2.75, 3.05) is 26.2 Å². The van der Waals surface area contributed by atoms with Crippen molar-refractivity contribution in [2.45, 2.75) is 44.1 Å². The number of rotatable bonds is 1. The summed E-state index contributed by atoms with van der Waals surface area (Å²) >= 11 is 0. The van der Waals surface area contributed by atoms with Crippen LogP contribution in [-0.2, 0) is 0 Å². The van der Waals surface area contributed by atoms with Crippen molar-refractivity contribution in [3.05, 3.63) is 0 Å². The Kier molecular flexibility index (Phi) is 3.61. The highest BCUT2D eigenvalue weighted by molar-refractivity contribution is 5.10. The van der Waals surface area contributed by atoms with Crippen LogP contribution in [0.25, 0.3) is 0 Å². The molecule has 0 saturated carbocycles. The maximum absolute atomic E-state index is 9.47. The van der Waals surface area contributed by atoms with Gasteiger partial charge in [-0.2, -0.15) is 5.26 Å². The number of nitrogens with zero attached hydrogens (tertiary/aromatic N) is 2. The fourth-order valence-corrected chi connectivity index (χ4v) is 2.84. The summed E-state index contributed by atoms with van der Waals surface area (Å²) in [5.41, 5.74) is -0.143. The fourth-order valence-electron chi connectivity index (χ4n) is 2.84. The van der Waals surface area contributed by atoms with Crippen LogP contribution >= 0.6 is 0 Å². The number of hydrogen-bond donors (Lipinski definition) is 1. The van der Waals surface area contributed by atoms with E-state index in [4.69, 9.17) is 0 Å². The molecule has 15 heavy (non-hydrogen) atoms. The molecular weight excluding hydrogens is 186 g/mol. The number of likely N-dealkylation sites (tertiary alicyclic amines) is 1. The standard InChI is InChI=1S/C12H21N3/c13-11-12(5-7-14-8-6-12)15-9-3-1-2-4-10-15/h14H,1-10H2. The number of hydrogen-bond acceptors (Lipinski definition) is 3. The highest BCUT2D eigenvalue weighted by Crippen LogP contribution is 2.28. The third-order valence-corrected chi connectivity index (χ3v) is 3.85. The Bertz CT molecular complexity index is 230. The molecule has 3 heteroatoms. The summed E-state index contributed by atoms with van der Waals surface area (Å²) in [6.45, 7) is 4.27. The summed E-state index contributed by atoms with van der Waals surface area (Å²) in [6, 6.07) is 2.60. The van der Waals surface area contributed by atoms with Crippen LogP contribution in [0.3, 0.4) is 0 Å². The molecule has 0 aromatic heterocycles. The van der Waals surface area contributed by atoms with Crippen LogP contribution in [0.15, 0.2) is 0 Å². The van der Waals surface area contributed by atoms with Crippen molar-refractivity contribution in [3.63, 3.8) is 0 Å². The highest BCUT2D eigenvalue weighted by atomic mass is 15.2. The molecule has 0 bridgehead atoms. The molecular formula is C12H21N3. The van der Waals surface area contributed by atoms with Crippen LogP contribution in [0, 0.1) is 11.3 Å². The van der Waals surface area contributed by atoms with Crippen LogP contribution in [0.2, 0.25) is 0 Å². The molecule has 2 aliphatic rings. The van der Waals surface area contributed by atoms with Crippen molar-refractivity contribution >= 4 is 0 Å². The van der Waals surface area contributed by atoms with E-state index in [0.717, 1.165) is 39.0 Å². The van der Waals surface area contributed by atoms with Crippen molar-refractivity contribution < 1.29 is 0 Å². The molecule has 0 radical (unpaired) electrons. The van der Waals surface area contributed by atoms with Gasteiger partial charge in [0.05, 0.1) is 6.07 Å². The van der Waals surface area contributed by atoms with E-state index in [1.807, 2.05) is 0 Å². The lowest BCUT2D eigenvalue weighted by Gasteiger charge is -2.41. The van der Waals surface area contributed by atoms with E-state index in [0.29, 0.717) is 0 Å². The van der Waals surface area contributed by atoms with Gasteiger partial charge in [0.15, 0.2) is 0 Å². The molecule has 1 N–H and O–H groups in total. The third kappa shape index (κ3) is 2.32. The van der Waals surface area contributed by atoms with Gasteiger partial charge < -0.3 is 5.32 Å². The first-order chi connectivity index (χ1) is 7.37. The van der Waals surface area contributed by atoms with Gasteiger partial charge in [0.1, 0.15) is 5.54 Å². The average Bonchev–Trinajstić information content (AvgIpc) is 2.59. The summed E-state index contributed by atoms with van der Waals surface area (Å²) in [6.07, 6.45) is 7.24. The Labute approximate surface area is 92.4 Å². The second-order valence-electron chi connectivity index (χ2n) is 4.79. The van der Waals surface area contributed by atoms with Gasteiger partial charge in [-0.1, -0.05) is 12.8 Å². The fraction of sp³-hybridized carbons (Fsp3) is 0.917. The minimum absolute atomic E-state index is 0.143. The molecule has 0 unspecified atom stereocenters. The molecule has 0 atom stereocenters. The zero-order chi connectivity index (χ0) is 10.6. The van der Waals surface area contributed by atoms with Crippen molar-refractivity contribution in [3.8, 4) is 6.07 Å². The van der Waals surface area contributed by atoms with E-state index in [-0.39, 0.29) is 5.54 Å². The summed E-state index contributed by atoms with van der Waals surface area (Å²) in [4.78, 5) is 2.46. The van der Waals surface area contributed by atoms with Crippen molar-refractivity contribution in [2.24, 2.45) is 0 Å². The second-order valence-corrected chi connectivity index (χ2v) is 4.79. The van der Waals surface area contributed by atoms with Crippen LogP contribution in [-0.4, -0.2) is 36.6 Å². The normalized spacial score (nSPS) is 27.9. The molecule has 3 nitrogen and oxygen atoms in total. The number of piperidine rings is 1. The van der Waals surface area contributed by atoms with E-state index in [9.17, 15) is 5.26 Å². The molecule has 0 aromatic carbocycles. The lowest BCUT2D eigenvalue weighted by atomic mass is 9.87. The maximum atomic E-state index is 9.47. The van der Waals surface area contributed by atoms with Crippen LogP contribution in [0.5, 0.6) is 0 Å². The van der Waals surface area contributed by atoms with Crippen LogP contribution < -0.4 is 5.32 Å². The van der Waals surface area contributed by atoms with Crippen LogP contribution in [0.1, 0.15) is 38.5 Å².